The van der Waals surface area contributed by atoms with Gasteiger partial charge in [-0.3, -0.25) is 4.79 Å². The molecule has 0 atom stereocenters. The van der Waals surface area contributed by atoms with Crippen molar-refractivity contribution in [3.63, 3.8) is 0 Å². The summed E-state index contributed by atoms with van der Waals surface area (Å²) in [5, 5.41) is 0.924. The molecule has 0 aliphatic rings. The number of carbonyl (C=O) groups is 1. The molecule has 0 unspecified atom stereocenters. The molecule has 1 aromatic carbocycles. The summed E-state index contributed by atoms with van der Waals surface area (Å²) in [5.41, 5.74) is 3.11. The lowest BCUT2D eigenvalue weighted by atomic mass is 10.1. The number of hydrogen-bond acceptors (Lipinski definition) is 4. The minimum absolute atomic E-state index is 0.705. The van der Waals surface area contributed by atoms with E-state index >= 15 is 0 Å². The fraction of sp³-hybridized carbons (Fsp3) is 0.118. The van der Waals surface area contributed by atoms with Gasteiger partial charge in [0.2, 0.25) is 0 Å². The van der Waals surface area contributed by atoms with Gasteiger partial charge in [0.05, 0.1) is 7.11 Å². The number of rotatable bonds is 4. The molecule has 4 heteroatoms. The van der Waals surface area contributed by atoms with Crippen LogP contribution in [0.4, 0.5) is 0 Å². The molecule has 3 rings (SSSR count). The summed E-state index contributed by atoms with van der Waals surface area (Å²) in [7, 11) is 1.69. The lowest BCUT2D eigenvalue weighted by molar-refractivity contribution is 0.112. The largest absolute Gasteiger partial charge is 0.487 e. The maximum Gasteiger partial charge on any atom is 0.173 e. The molecule has 0 N–H and O–H groups in total. The standard InChI is InChI=1S/C17H14O2S2/c1-11-9-15(14-7-8-16(19-2)20-14)21-17(11)13-5-3-12(10-18)4-6-13/h3-10H,1-2H3. The fourth-order valence-corrected chi connectivity index (χ4v) is 4.25. The Labute approximate surface area is 131 Å². The van der Waals surface area contributed by atoms with Crippen molar-refractivity contribution >= 4 is 29.0 Å². The molecule has 0 radical (unpaired) electrons. The van der Waals surface area contributed by atoms with E-state index in [1.807, 2.05) is 30.3 Å². The second-order valence-electron chi connectivity index (χ2n) is 4.69. The second-order valence-corrected chi connectivity index (χ2v) is 6.78. The number of ether oxygens (including phenoxy) is 1. The third kappa shape index (κ3) is 2.77. The summed E-state index contributed by atoms with van der Waals surface area (Å²) >= 11 is 3.42. The van der Waals surface area contributed by atoms with Gasteiger partial charge in [-0.15, -0.1) is 11.3 Å². The second kappa shape index (κ2) is 5.84. The molecule has 2 nitrogen and oxygen atoms in total. The molecule has 0 saturated heterocycles. The molecule has 0 saturated carbocycles. The molecule has 106 valence electrons. The van der Waals surface area contributed by atoms with Gasteiger partial charge in [0.1, 0.15) is 6.29 Å². The number of methoxy groups -OCH3 is 1. The fourth-order valence-electron chi connectivity index (χ4n) is 2.17. The SMILES string of the molecule is COc1ccc(-c2cc(C)c(-c3ccc(C=O)cc3)s2)s1. The summed E-state index contributed by atoms with van der Waals surface area (Å²) in [4.78, 5) is 14.4. The molecule has 0 bridgehead atoms. The van der Waals surface area contributed by atoms with Crippen molar-refractivity contribution in [2.45, 2.75) is 6.92 Å². The lowest BCUT2D eigenvalue weighted by Crippen LogP contribution is -1.80. The minimum atomic E-state index is 0.705. The van der Waals surface area contributed by atoms with E-state index < -0.39 is 0 Å². The number of aldehydes is 1. The Balaban J connectivity index is 1.98. The third-order valence-electron chi connectivity index (χ3n) is 3.25. The maximum absolute atomic E-state index is 10.7. The van der Waals surface area contributed by atoms with E-state index in [2.05, 4.69) is 19.1 Å². The van der Waals surface area contributed by atoms with Gasteiger partial charge in [0, 0.05) is 20.2 Å². The topological polar surface area (TPSA) is 26.3 Å². The van der Waals surface area contributed by atoms with Crippen molar-refractivity contribution in [2.24, 2.45) is 0 Å². The Hall–Kier alpha value is -1.91. The summed E-state index contributed by atoms with van der Waals surface area (Å²) < 4.78 is 5.25. The Bertz CT molecular complexity index is 766. The maximum atomic E-state index is 10.7. The lowest BCUT2D eigenvalue weighted by Gasteiger charge is -1.99. The van der Waals surface area contributed by atoms with Crippen molar-refractivity contribution in [1.29, 1.82) is 0 Å². The normalized spacial score (nSPS) is 10.6. The van der Waals surface area contributed by atoms with Crippen LogP contribution in [0.25, 0.3) is 20.2 Å². The van der Waals surface area contributed by atoms with Gasteiger partial charge in [-0.05, 0) is 36.2 Å². The number of thiophene rings is 2. The molecule has 0 aliphatic carbocycles. The van der Waals surface area contributed by atoms with Gasteiger partial charge >= 0.3 is 0 Å². The molecule has 2 heterocycles. The van der Waals surface area contributed by atoms with Crippen LogP contribution in [0.15, 0.2) is 42.5 Å². The average Bonchev–Trinajstić information content (AvgIpc) is 3.13. The molecule has 21 heavy (non-hydrogen) atoms. The molecule has 0 aliphatic heterocycles. The van der Waals surface area contributed by atoms with Crippen LogP contribution in [0.1, 0.15) is 15.9 Å². The molecular formula is C17H14O2S2. The zero-order valence-corrected chi connectivity index (χ0v) is 13.4. The van der Waals surface area contributed by atoms with Gasteiger partial charge in [0.15, 0.2) is 5.06 Å². The van der Waals surface area contributed by atoms with Crippen LogP contribution >= 0.6 is 22.7 Å². The molecular weight excluding hydrogens is 300 g/mol. The van der Waals surface area contributed by atoms with E-state index in [-0.39, 0.29) is 0 Å². The van der Waals surface area contributed by atoms with Crippen molar-refractivity contribution in [3.05, 3.63) is 53.6 Å². The Morgan fingerprint density at radius 3 is 2.38 bits per heavy atom. The first-order valence-electron chi connectivity index (χ1n) is 6.51. The molecule has 2 aromatic heterocycles. The number of hydrogen-bond donors (Lipinski definition) is 0. The van der Waals surface area contributed by atoms with Crippen LogP contribution in [0.2, 0.25) is 0 Å². The van der Waals surface area contributed by atoms with Crippen molar-refractivity contribution < 1.29 is 9.53 Å². The quantitative estimate of drug-likeness (QED) is 0.613. The zero-order chi connectivity index (χ0) is 14.8. The smallest absolute Gasteiger partial charge is 0.173 e. The highest BCUT2D eigenvalue weighted by atomic mass is 32.1. The van der Waals surface area contributed by atoms with E-state index in [1.165, 1.54) is 20.2 Å². The minimum Gasteiger partial charge on any atom is -0.487 e. The molecule has 3 aromatic rings. The molecule has 0 fully saturated rings. The predicted octanol–water partition coefficient (Wildman–Crippen LogP) is 5.27. The summed E-state index contributed by atoms with van der Waals surface area (Å²) in [5.74, 6) is 0. The van der Waals surface area contributed by atoms with Crippen LogP contribution in [-0.2, 0) is 0 Å². The van der Waals surface area contributed by atoms with Gasteiger partial charge < -0.3 is 4.74 Å². The van der Waals surface area contributed by atoms with Crippen molar-refractivity contribution in [1.82, 2.24) is 0 Å². The van der Waals surface area contributed by atoms with E-state index in [4.69, 9.17) is 4.74 Å². The first-order chi connectivity index (χ1) is 10.2. The molecule has 0 spiro atoms. The third-order valence-corrected chi connectivity index (χ3v) is 5.78. The predicted molar refractivity (Wildman–Crippen MR) is 89.7 cm³/mol. The van der Waals surface area contributed by atoms with Gasteiger partial charge in [-0.25, -0.2) is 0 Å². The van der Waals surface area contributed by atoms with Crippen LogP contribution in [-0.4, -0.2) is 13.4 Å². The number of carbonyl (C=O) groups excluding carboxylic acids is 1. The van der Waals surface area contributed by atoms with Crippen molar-refractivity contribution in [3.8, 4) is 25.3 Å². The van der Waals surface area contributed by atoms with E-state index in [0.717, 1.165) is 16.9 Å². The Kier molecular flexibility index (Phi) is 3.90. The highest BCUT2D eigenvalue weighted by Gasteiger charge is 2.11. The summed E-state index contributed by atoms with van der Waals surface area (Å²) in [6.07, 6.45) is 0.869. The van der Waals surface area contributed by atoms with Crippen LogP contribution in [0.5, 0.6) is 5.06 Å². The van der Waals surface area contributed by atoms with Crippen LogP contribution in [0, 0.1) is 6.92 Å². The van der Waals surface area contributed by atoms with Gasteiger partial charge in [0.25, 0.3) is 0 Å². The Morgan fingerprint density at radius 1 is 1.00 bits per heavy atom. The van der Waals surface area contributed by atoms with Gasteiger partial charge in [-0.1, -0.05) is 35.6 Å². The van der Waals surface area contributed by atoms with E-state index in [9.17, 15) is 4.79 Å². The van der Waals surface area contributed by atoms with Crippen LogP contribution < -0.4 is 4.74 Å². The highest BCUT2D eigenvalue weighted by molar-refractivity contribution is 7.24. The first-order valence-corrected chi connectivity index (χ1v) is 8.15. The van der Waals surface area contributed by atoms with Gasteiger partial charge in [-0.2, -0.15) is 0 Å². The highest BCUT2D eigenvalue weighted by Crippen LogP contribution is 2.41. The van der Waals surface area contributed by atoms with E-state index in [0.29, 0.717) is 5.56 Å². The van der Waals surface area contributed by atoms with Crippen LogP contribution in [0.3, 0.4) is 0 Å². The first kappa shape index (κ1) is 14.0. The number of benzene rings is 1. The summed E-state index contributed by atoms with van der Waals surface area (Å²) in [6, 6.07) is 14.0. The summed E-state index contributed by atoms with van der Waals surface area (Å²) in [6.45, 7) is 2.12. The monoisotopic (exact) mass is 314 g/mol. The Morgan fingerprint density at radius 2 is 1.76 bits per heavy atom. The van der Waals surface area contributed by atoms with Crippen molar-refractivity contribution in [2.75, 3.05) is 7.11 Å². The average molecular weight is 314 g/mol. The zero-order valence-electron chi connectivity index (χ0n) is 11.8. The molecule has 0 amide bonds. The number of aryl methyl sites for hydroxylation is 1. The van der Waals surface area contributed by atoms with E-state index in [1.54, 1.807) is 29.8 Å².